The molecule has 0 saturated heterocycles. The van der Waals surface area contributed by atoms with Gasteiger partial charge in [0.2, 0.25) is 5.91 Å². The molecule has 0 saturated carbocycles. The topological polar surface area (TPSA) is 55.4 Å². The molecule has 0 bridgehead atoms. The first-order valence-electron chi connectivity index (χ1n) is 8.33. The summed E-state index contributed by atoms with van der Waals surface area (Å²) < 4.78 is 5.01. The fourth-order valence-electron chi connectivity index (χ4n) is 2.77. The highest BCUT2D eigenvalue weighted by atomic mass is 16.5. The van der Waals surface area contributed by atoms with E-state index in [4.69, 9.17) is 4.74 Å². The van der Waals surface area contributed by atoms with Gasteiger partial charge in [0.1, 0.15) is 5.75 Å². The first-order chi connectivity index (χ1) is 12.6. The minimum Gasteiger partial charge on any atom is -0.427 e. The number of anilines is 1. The number of rotatable bonds is 5. The Hall–Kier alpha value is -3.40. The van der Waals surface area contributed by atoms with E-state index in [2.05, 4.69) is 5.32 Å². The molecule has 0 unspecified atom stereocenters. The third-order valence-corrected chi connectivity index (χ3v) is 3.91. The SMILES string of the molecule is CC(=O)Oc1ccc(NC(=O)C(c2ccccc2)c2ccccc2)cc1. The zero-order valence-corrected chi connectivity index (χ0v) is 14.4. The van der Waals surface area contributed by atoms with Gasteiger partial charge in [-0.05, 0) is 35.4 Å². The summed E-state index contributed by atoms with van der Waals surface area (Å²) in [6.45, 7) is 1.35. The lowest BCUT2D eigenvalue weighted by atomic mass is 9.90. The third kappa shape index (κ3) is 4.36. The Bertz CT molecular complexity index is 835. The van der Waals surface area contributed by atoms with Gasteiger partial charge < -0.3 is 10.1 Å². The van der Waals surface area contributed by atoms with E-state index >= 15 is 0 Å². The van der Waals surface area contributed by atoms with Crippen LogP contribution in [0.15, 0.2) is 84.9 Å². The molecule has 130 valence electrons. The van der Waals surface area contributed by atoms with Crippen molar-refractivity contribution in [3.8, 4) is 5.75 Å². The Labute approximate surface area is 152 Å². The maximum atomic E-state index is 13.0. The van der Waals surface area contributed by atoms with Crippen molar-refractivity contribution in [3.63, 3.8) is 0 Å². The van der Waals surface area contributed by atoms with Gasteiger partial charge in [0.05, 0.1) is 5.92 Å². The van der Waals surface area contributed by atoms with Crippen molar-refractivity contribution in [1.29, 1.82) is 0 Å². The van der Waals surface area contributed by atoms with E-state index < -0.39 is 5.92 Å². The quantitative estimate of drug-likeness (QED) is 0.551. The van der Waals surface area contributed by atoms with Crippen LogP contribution in [0, 0.1) is 0 Å². The average Bonchev–Trinajstić information content (AvgIpc) is 2.65. The van der Waals surface area contributed by atoms with Gasteiger partial charge in [-0.2, -0.15) is 0 Å². The summed E-state index contributed by atoms with van der Waals surface area (Å²) in [5, 5.41) is 2.94. The van der Waals surface area contributed by atoms with Crippen LogP contribution < -0.4 is 10.1 Å². The van der Waals surface area contributed by atoms with Crippen LogP contribution in [0.25, 0.3) is 0 Å². The molecule has 1 amide bonds. The first kappa shape index (κ1) is 17.4. The normalized spacial score (nSPS) is 10.4. The van der Waals surface area contributed by atoms with Gasteiger partial charge in [0.15, 0.2) is 0 Å². The number of benzene rings is 3. The Kier molecular flexibility index (Phi) is 5.44. The maximum Gasteiger partial charge on any atom is 0.308 e. The molecule has 0 aliphatic rings. The number of carbonyl (C=O) groups excluding carboxylic acids is 2. The molecular formula is C22H19NO3. The van der Waals surface area contributed by atoms with Gasteiger partial charge in [-0.1, -0.05) is 60.7 Å². The number of hydrogen-bond acceptors (Lipinski definition) is 3. The van der Waals surface area contributed by atoms with Crippen molar-refractivity contribution in [1.82, 2.24) is 0 Å². The van der Waals surface area contributed by atoms with Crippen molar-refractivity contribution in [3.05, 3.63) is 96.1 Å². The fourth-order valence-corrected chi connectivity index (χ4v) is 2.77. The van der Waals surface area contributed by atoms with Crippen molar-refractivity contribution in [2.45, 2.75) is 12.8 Å². The molecule has 3 aromatic carbocycles. The first-order valence-corrected chi connectivity index (χ1v) is 8.33. The van der Waals surface area contributed by atoms with Crippen molar-refractivity contribution < 1.29 is 14.3 Å². The largest absolute Gasteiger partial charge is 0.427 e. The summed E-state index contributed by atoms with van der Waals surface area (Å²) in [6.07, 6.45) is 0. The predicted octanol–water partition coefficient (Wildman–Crippen LogP) is 4.38. The Morgan fingerprint density at radius 1 is 0.769 bits per heavy atom. The Morgan fingerprint density at radius 2 is 1.27 bits per heavy atom. The molecule has 4 heteroatoms. The summed E-state index contributed by atoms with van der Waals surface area (Å²) in [6, 6.07) is 26.1. The van der Waals surface area contributed by atoms with Crippen LogP contribution in [0.3, 0.4) is 0 Å². The Morgan fingerprint density at radius 3 is 1.73 bits per heavy atom. The van der Waals surface area contributed by atoms with Gasteiger partial charge in [-0.25, -0.2) is 0 Å². The number of nitrogens with one attached hydrogen (secondary N) is 1. The van der Waals surface area contributed by atoms with Crippen LogP contribution in [0.1, 0.15) is 24.0 Å². The summed E-state index contributed by atoms with van der Waals surface area (Å²) in [5.74, 6) is -0.471. The summed E-state index contributed by atoms with van der Waals surface area (Å²) >= 11 is 0. The summed E-state index contributed by atoms with van der Waals surface area (Å²) in [5.41, 5.74) is 2.49. The molecule has 0 spiro atoms. The average molecular weight is 345 g/mol. The van der Waals surface area contributed by atoms with E-state index in [1.165, 1.54) is 6.92 Å². The zero-order valence-electron chi connectivity index (χ0n) is 14.4. The lowest BCUT2D eigenvalue weighted by Crippen LogP contribution is -2.22. The van der Waals surface area contributed by atoms with E-state index in [0.29, 0.717) is 11.4 Å². The fraction of sp³-hybridized carbons (Fsp3) is 0.0909. The highest BCUT2D eigenvalue weighted by Gasteiger charge is 2.22. The monoisotopic (exact) mass is 345 g/mol. The summed E-state index contributed by atoms with van der Waals surface area (Å²) in [7, 11) is 0. The number of carbonyl (C=O) groups is 2. The molecule has 0 aliphatic heterocycles. The smallest absolute Gasteiger partial charge is 0.308 e. The van der Waals surface area contributed by atoms with Crippen LogP contribution in [-0.4, -0.2) is 11.9 Å². The highest BCUT2D eigenvalue weighted by Crippen LogP contribution is 2.26. The van der Waals surface area contributed by atoms with E-state index in [-0.39, 0.29) is 11.9 Å². The van der Waals surface area contributed by atoms with Crippen LogP contribution in [0.4, 0.5) is 5.69 Å². The third-order valence-electron chi connectivity index (χ3n) is 3.91. The van der Waals surface area contributed by atoms with Crippen LogP contribution in [-0.2, 0) is 9.59 Å². The predicted molar refractivity (Wildman–Crippen MR) is 101 cm³/mol. The molecule has 0 atom stereocenters. The van der Waals surface area contributed by atoms with E-state index in [0.717, 1.165) is 11.1 Å². The number of amides is 1. The molecule has 0 fully saturated rings. The summed E-state index contributed by atoms with van der Waals surface area (Å²) in [4.78, 5) is 24.0. The number of hydrogen-bond donors (Lipinski definition) is 1. The van der Waals surface area contributed by atoms with E-state index in [1.54, 1.807) is 24.3 Å². The maximum absolute atomic E-state index is 13.0. The molecule has 0 aliphatic carbocycles. The zero-order chi connectivity index (χ0) is 18.4. The molecule has 1 N–H and O–H groups in total. The van der Waals surface area contributed by atoms with Crippen molar-refractivity contribution >= 4 is 17.6 Å². The second-order valence-corrected chi connectivity index (χ2v) is 5.86. The minimum atomic E-state index is -0.412. The molecule has 3 aromatic rings. The molecule has 0 heterocycles. The molecule has 0 aromatic heterocycles. The van der Waals surface area contributed by atoms with Crippen LogP contribution in [0.5, 0.6) is 5.75 Å². The second-order valence-electron chi connectivity index (χ2n) is 5.86. The van der Waals surface area contributed by atoms with Crippen molar-refractivity contribution in [2.75, 3.05) is 5.32 Å². The number of esters is 1. The van der Waals surface area contributed by atoms with Gasteiger partial charge in [-0.3, -0.25) is 9.59 Å². The van der Waals surface area contributed by atoms with E-state index in [1.807, 2.05) is 60.7 Å². The molecule has 26 heavy (non-hydrogen) atoms. The molecular weight excluding hydrogens is 326 g/mol. The standard InChI is InChI=1S/C22H19NO3/c1-16(24)26-20-14-12-19(13-15-20)23-22(25)21(17-8-4-2-5-9-17)18-10-6-3-7-11-18/h2-15,21H,1H3,(H,23,25). The lowest BCUT2D eigenvalue weighted by molar-refractivity contribution is -0.131. The van der Waals surface area contributed by atoms with Crippen LogP contribution in [0.2, 0.25) is 0 Å². The minimum absolute atomic E-state index is 0.123. The molecule has 3 rings (SSSR count). The Balaban J connectivity index is 1.83. The van der Waals surface area contributed by atoms with Crippen LogP contribution >= 0.6 is 0 Å². The van der Waals surface area contributed by atoms with Crippen molar-refractivity contribution in [2.24, 2.45) is 0 Å². The highest BCUT2D eigenvalue weighted by molar-refractivity contribution is 5.98. The molecule has 4 nitrogen and oxygen atoms in total. The van der Waals surface area contributed by atoms with Gasteiger partial charge in [-0.15, -0.1) is 0 Å². The van der Waals surface area contributed by atoms with Gasteiger partial charge in [0.25, 0.3) is 0 Å². The van der Waals surface area contributed by atoms with E-state index in [9.17, 15) is 9.59 Å². The second kappa shape index (κ2) is 8.12. The lowest BCUT2D eigenvalue weighted by Gasteiger charge is -2.18. The van der Waals surface area contributed by atoms with Gasteiger partial charge in [0, 0.05) is 12.6 Å². The molecule has 0 radical (unpaired) electrons. The number of ether oxygens (including phenoxy) is 1. The van der Waals surface area contributed by atoms with Gasteiger partial charge >= 0.3 is 5.97 Å².